The third-order valence-electron chi connectivity index (χ3n) is 3.34. The van der Waals surface area contributed by atoms with Crippen molar-refractivity contribution in [2.45, 2.75) is 32.2 Å². The molecular weight excluding hydrogens is 216 g/mol. The molecule has 0 spiro atoms. The van der Waals surface area contributed by atoms with Gasteiger partial charge in [-0.2, -0.15) is 5.10 Å². The molecule has 2 N–H and O–H groups in total. The van der Waals surface area contributed by atoms with E-state index in [1.54, 1.807) is 4.90 Å². The zero-order chi connectivity index (χ0) is 12.4. The Kier molecular flexibility index (Phi) is 3.47. The minimum absolute atomic E-state index is 0.00171. The van der Waals surface area contributed by atoms with Gasteiger partial charge in [0.25, 0.3) is 5.91 Å². The molecule has 5 nitrogen and oxygen atoms in total. The first-order valence-corrected chi connectivity index (χ1v) is 6.12. The smallest absolute Gasteiger partial charge is 0.274 e. The molecule has 0 bridgehead atoms. The second kappa shape index (κ2) is 4.87. The van der Waals surface area contributed by atoms with Crippen molar-refractivity contribution >= 4 is 5.91 Å². The van der Waals surface area contributed by atoms with Crippen LogP contribution in [-0.2, 0) is 0 Å². The van der Waals surface area contributed by atoms with E-state index in [1.807, 2.05) is 13.1 Å². The zero-order valence-electron chi connectivity index (χ0n) is 10.7. The summed E-state index contributed by atoms with van der Waals surface area (Å²) in [6.07, 6.45) is 1.02. The van der Waals surface area contributed by atoms with Gasteiger partial charge >= 0.3 is 0 Å². The number of hydrogen-bond donors (Lipinski definition) is 2. The number of amides is 1. The fraction of sp³-hybridized carbons (Fsp3) is 0.667. The SMILES string of the molecule is CC(C)c1cc(C(=O)N(C)C2CCNC2)n[nH]1. The van der Waals surface area contributed by atoms with Crippen molar-refractivity contribution in [2.24, 2.45) is 0 Å². The molecule has 5 heteroatoms. The molecule has 1 aromatic heterocycles. The third kappa shape index (κ3) is 2.49. The Bertz CT molecular complexity index is 393. The number of carbonyl (C=O) groups excluding carboxylic acids is 1. The van der Waals surface area contributed by atoms with Gasteiger partial charge in [0.2, 0.25) is 0 Å². The largest absolute Gasteiger partial charge is 0.336 e. The highest BCUT2D eigenvalue weighted by Gasteiger charge is 2.25. The summed E-state index contributed by atoms with van der Waals surface area (Å²) in [5.41, 5.74) is 1.52. The zero-order valence-corrected chi connectivity index (χ0v) is 10.7. The lowest BCUT2D eigenvalue weighted by molar-refractivity contribution is 0.0738. The van der Waals surface area contributed by atoms with Crippen LogP contribution >= 0.6 is 0 Å². The molecular formula is C12H20N4O. The highest BCUT2D eigenvalue weighted by atomic mass is 16.2. The maximum absolute atomic E-state index is 12.2. The number of nitrogens with zero attached hydrogens (tertiary/aromatic N) is 2. The standard InChI is InChI=1S/C12H20N4O/c1-8(2)10-6-11(15-14-10)12(17)16(3)9-4-5-13-7-9/h6,8-9,13H,4-5,7H2,1-3H3,(H,14,15). The first kappa shape index (κ1) is 12.1. The first-order chi connectivity index (χ1) is 8.09. The van der Waals surface area contributed by atoms with E-state index in [4.69, 9.17) is 0 Å². The molecule has 1 aromatic rings. The van der Waals surface area contributed by atoms with E-state index < -0.39 is 0 Å². The summed E-state index contributed by atoms with van der Waals surface area (Å²) in [6.45, 7) is 6.02. The van der Waals surface area contributed by atoms with Crippen molar-refractivity contribution in [3.05, 3.63) is 17.5 Å². The van der Waals surface area contributed by atoms with Gasteiger partial charge in [0, 0.05) is 25.3 Å². The summed E-state index contributed by atoms with van der Waals surface area (Å²) in [5, 5.41) is 10.3. The number of aromatic amines is 1. The van der Waals surface area contributed by atoms with Gasteiger partial charge in [-0.05, 0) is 24.9 Å². The Hall–Kier alpha value is -1.36. The number of H-pyrrole nitrogens is 1. The molecule has 94 valence electrons. The molecule has 1 amide bonds. The van der Waals surface area contributed by atoms with E-state index in [0.717, 1.165) is 25.2 Å². The van der Waals surface area contributed by atoms with Crippen molar-refractivity contribution < 1.29 is 4.79 Å². The molecule has 2 heterocycles. The van der Waals surface area contributed by atoms with Gasteiger partial charge in [0.1, 0.15) is 5.69 Å². The molecule has 1 fully saturated rings. The van der Waals surface area contributed by atoms with Crippen LogP contribution in [0.3, 0.4) is 0 Å². The van der Waals surface area contributed by atoms with Crippen molar-refractivity contribution in [1.29, 1.82) is 0 Å². The molecule has 1 aliphatic rings. The molecule has 1 saturated heterocycles. The summed E-state index contributed by atoms with van der Waals surface area (Å²) in [4.78, 5) is 14.0. The van der Waals surface area contributed by atoms with Crippen LogP contribution in [0.4, 0.5) is 0 Å². The highest BCUT2D eigenvalue weighted by molar-refractivity contribution is 5.92. The third-order valence-corrected chi connectivity index (χ3v) is 3.34. The van der Waals surface area contributed by atoms with Gasteiger partial charge in [-0.15, -0.1) is 0 Å². The Morgan fingerprint density at radius 3 is 2.88 bits per heavy atom. The summed E-state index contributed by atoms with van der Waals surface area (Å²) in [5.74, 6) is 0.365. The molecule has 0 aromatic carbocycles. The van der Waals surface area contributed by atoms with Gasteiger partial charge in [-0.3, -0.25) is 9.89 Å². The summed E-state index contributed by atoms with van der Waals surface area (Å²) >= 11 is 0. The van der Waals surface area contributed by atoms with E-state index in [2.05, 4.69) is 29.4 Å². The van der Waals surface area contributed by atoms with Crippen molar-refractivity contribution in [2.75, 3.05) is 20.1 Å². The van der Waals surface area contributed by atoms with Crippen LogP contribution in [-0.4, -0.2) is 47.2 Å². The summed E-state index contributed by atoms with van der Waals surface area (Å²) < 4.78 is 0. The van der Waals surface area contributed by atoms with Crippen LogP contribution in [0.15, 0.2) is 6.07 Å². The number of likely N-dealkylation sites (N-methyl/N-ethyl adjacent to an activating group) is 1. The number of aromatic nitrogens is 2. The van der Waals surface area contributed by atoms with Crippen molar-refractivity contribution in [3.63, 3.8) is 0 Å². The molecule has 1 aliphatic heterocycles. The molecule has 0 saturated carbocycles. The quantitative estimate of drug-likeness (QED) is 0.822. The molecule has 2 rings (SSSR count). The van der Waals surface area contributed by atoms with Crippen LogP contribution in [0.2, 0.25) is 0 Å². The van der Waals surface area contributed by atoms with E-state index in [9.17, 15) is 4.79 Å². The predicted octanol–water partition coefficient (Wildman–Crippen LogP) is 0.967. The topological polar surface area (TPSA) is 61.0 Å². The lowest BCUT2D eigenvalue weighted by Crippen LogP contribution is -2.38. The number of rotatable bonds is 3. The predicted molar refractivity (Wildman–Crippen MR) is 66.0 cm³/mol. The normalized spacial score (nSPS) is 19.9. The van der Waals surface area contributed by atoms with Crippen molar-refractivity contribution in [1.82, 2.24) is 20.4 Å². The van der Waals surface area contributed by atoms with E-state index >= 15 is 0 Å². The molecule has 1 unspecified atom stereocenters. The fourth-order valence-electron chi connectivity index (χ4n) is 2.06. The number of carbonyl (C=O) groups is 1. The summed E-state index contributed by atoms with van der Waals surface area (Å²) in [6, 6.07) is 2.15. The monoisotopic (exact) mass is 236 g/mol. The van der Waals surface area contributed by atoms with Gasteiger partial charge in [0.05, 0.1) is 0 Å². The van der Waals surface area contributed by atoms with Gasteiger partial charge < -0.3 is 10.2 Å². The molecule has 1 atom stereocenters. The minimum Gasteiger partial charge on any atom is -0.336 e. The number of hydrogen-bond acceptors (Lipinski definition) is 3. The van der Waals surface area contributed by atoms with Gasteiger partial charge in [0.15, 0.2) is 0 Å². The van der Waals surface area contributed by atoms with E-state index in [0.29, 0.717) is 17.7 Å². The highest BCUT2D eigenvalue weighted by Crippen LogP contribution is 2.15. The Morgan fingerprint density at radius 1 is 1.59 bits per heavy atom. The van der Waals surface area contributed by atoms with Crippen LogP contribution in [0.1, 0.15) is 42.4 Å². The minimum atomic E-state index is 0.00171. The maximum atomic E-state index is 12.2. The lowest BCUT2D eigenvalue weighted by atomic mass is 10.1. The number of nitrogens with one attached hydrogen (secondary N) is 2. The summed E-state index contributed by atoms with van der Waals surface area (Å²) in [7, 11) is 1.85. The first-order valence-electron chi connectivity index (χ1n) is 6.12. The molecule has 17 heavy (non-hydrogen) atoms. The van der Waals surface area contributed by atoms with Crippen LogP contribution < -0.4 is 5.32 Å². The lowest BCUT2D eigenvalue weighted by Gasteiger charge is -2.22. The van der Waals surface area contributed by atoms with E-state index in [1.165, 1.54) is 0 Å². The molecule has 0 radical (unpaired) electrons. The second-order valence-electron chi connectivity index (χ2n) is 4.93. The van der Waals surface area contributed by atoms with E-state index in [-0.39, 0.29) is 5.91 Å². The van der Waals surface area contributed by atoms with Crippen LogP contribution in [0, 0.1) is 0 Å². The Morgan fingerprint density at radius 2 is 2.35 bits per heavy atom. The van der Waals surface area contributed by atoms with Gasteiger partial charge in [-0.1, -0.05) is 13.8 Å². The van der Waals surface area contributed by atoms with Crippen LogP contribution in [0.25, 0.3) is 0 Å². The Labute approximate surface area is 102 Å². The van der Waals surface area contributed by atoms with Gasteiger partial charge in [-0.25, -0.2) is 0 Å². The average molecular weight is 236 g/mol. The second-order valence-corrected chi connectivity index (χ2v) is 4.93. The fourth-order valence-corrected chi connectivity index (χ4v) is 2.06. The molecule has 0 aliphatic carbocycles. The Balaban J connectivity index is 2.07. The van der Waals surface area contributed by atoms with Crippen molar-refractivity contribution in [3.8, 4) is 0 Å². The average Bonchev–Trinajstić information content (AvgIpc) is 2.97. The van der Waals surface area contributed by atoms with Crippen LogP contribution in [0.5, 0.6) is 0 Å². The maximum Gasteiger partial charge on any atom is 0.274 e.